The molecule has 2 nitrogen and oxygen atoms in total. The Morgan fingerprint density at radius 3 is 2.69 bits per heavy atom. The molecule has 2 N–H and O–H groups in total. The minimum Gasteiger partial charge on any atom is -0.385 e. The van der Waals surface area contributed by atoms with Gasteiger partial charge < -0.3 is 10.5 Å². The molecule has 3 heteroatoms. The quantitative estimate of drug-likeness (QED) is 0.709. The topological polar surface area (TPSA) is 35.2 Å². The third-order valence-electron chi connectivity index (χ3n) is 2.41. The summed E-state index contributed by atoms with van der Waals surface area (Å²) in [5, 5.41) is 0.531. The van der Waals surface area contributed by atoms with Crippen molar-refractivity contribution < 1.29 is 4.74 Å². The number of hydrogen-bond donors (Lipinski definition) is 1. The third kappa shape index (κ3) is 5.01. The Kier molecular flexibility index (Phi) is 7.30. The number of thioether (sulfide) groups is 1. The van der Waals surface area contributed by atoms with E-state index in [0.29, 0.717) is 5.25 Å². The summed E-state index contributed by atoms with van der Waals surface area (Å²) in [4.78, 5) is 0. The van der Waals surface area contributed by atoms with E-state index in [9.17, 15) is 0 Å². The summed E-state index contributed by atoms with van der Waals surface area (Å²) < 4.78 is 5.05. The van der Waals surface area contributed by atoms with Crippen LogP contribution in [0.15, 0.2) is 30.3 Å². The molecule has 90 valence electrons. The van der Waals surface area contributed by atoms with Crippen LogP contribution in [0, 0.1) is 0 Å². The van der Waals surface area contributed by atoms with Crippen molar-refractivity contribution in [3.63, 3.8) is 0 Å². The van der Waals surface area contributed by atoms with Crippen molar-refractivity contribution in [3.8, 4) is 0 Å². The maximum absolute atomic E-state index is 5.66. The van der Waals surface area contributed by atoms with Crippen LogP contribution in [0.1, 0.15) is 23.7 Å². The molecule has 1 atom stereocenters. The molecule has 0 saturated carbocycles. The minimum absolute atomic E-state index is 0.531. The van der Waals surface area contributed by atoms with E-state index in [2.05, 4.69) is 30.3 Å². The number of hydrogen-bond acceptors (Lipinski definition) is 3. The number of benzene rings is 1. The van der Waals surface area contributed by atoms with Crippen LogP contribution < -0.4 is 5.73 Å². The summed E-state index contributed by atoms with van der Waals surface area (Å²) in [6.07, 6.45) is 2.15. The van der Waals surface area contributed by atoms with Crippen LogP contribution in [0.25, 0.3) is 0 Å². The van der Waals surface area contributed by atoms with E-state index in [1.807, 2.05) is 11.8 Å². The van der Waals surface area contributed by atoms with E-state index >= 15 is 0 Å². The van der Waals surface area contributed by atoms with Crippen molar-refractivity contribution in [2.24, 2.45) is 5.73 Å². The molecule has 0 radical (unpaired) electrons. The number of ether oxygens (including phenoxy) is 1. The summed E-state index contributed by atoms with van der Waals surface area (Å²) in [7, 11) is 1.75. The molecule has 0 heterocycles. The van der Waals surface area contributed by atoms with Gasteiger partial charge in [-0.2, -0.15) is 11.8 Å². The van der Waals surface area contributed by atoms with Gasteiger partial charge in [0, 0.05) is 19.0 Å². The Balaban J connectivity index is 2.41. The normalized spacial score (nSPS) is 12.6. The van der Waals surface area contributed by atoms with Crippen LogP contribution >= 0.6 is 11.8 Å². The van der Waals surface area contributed by atoms with Crippen LogP contribution in [0.3, 0.4) is 0 Å². The van der Waals surface area contributed by atoms with Crippen molar-refractivity contribution in [1.29, 1.82) is 0 Å². The van der Waals surface area contributed by atoms with E-state index in [1.165, 1.54) is 5.56 Å². The van der Waals surface area contributed by atoms with Gasteiger partial charge >= 0.3 is 0 Å². The molecule has 1 unspecified atom stereocenters. The molecule has 0 aliphatic carbocycles. The lowest BCUT2D eigenvalue weighted by molar-refractivity contribution is 0.200. The monoisotopic (exact) mass is 239 g/mol. The van der Waals surface area contributed by atoms with Gasteiger partial charge in [-0.1, -0.05) is 30.3 Å². The van der Waals surface area contributed by atoms with E-state index < -0.39 is 0 Å². The Morgan fingerprint density at radius 1 is 1.31 bits per heavy atom. The van der Waals surface area contributed by atoms with Crippen molar-refractivity contribution >= 4 is 11.8 Å². The minimum atomic E-state index is 0.531. The van der Waals surface area contributed by atoms with Crippen LogP contribution in [-0.4, -0.2) is 26.0 Å². The van der Waals surface area contributed by atoms with Gasteiger partial charge in [-0.05, 0) is 30.7 Å². The van der Waals surface area contributed by atoms with Crippen LogP contribution in [0.4, 0.5) is 0 Å². The molecular weight excluding hydrogens is 218 g/mol. The molecule has 0 aromatic heterocycles. The van der Waals surface area contributed by atoms with Crippen LogP contribution in [0.5, 0.6) is 0 Å². The lowest BCUT2D eigenvalue weighted by atomic mass is 10.1. The predicted octanol–water partition coefficient (Wildman–Crippen LogP) is 2.85. The molecule has 1 rings (SSSR count). The lowest BCUT2D eigenvalue weighted by Crippen LogP contribution is -2.06. The van der Waals surface area contributed by atoms with Gasteiger partial charge in [0.2, 0.25) is 0 Å². The molecule has 16 heavy (non-hydrogen) atoms. The Hall–Kier alpha value is -0.510. The maximum Gasteiger partial charge on any atom is 0.0470 e. The summed E-state index contributed by atoms with van der Waals surface area (Å²) in [6, 6.07) is 10.6. The smallest absolute Gasteiger partial charge is 0.0470 e. The summed E-state index contributed by atoms with van der Waals surface area (Å²) in [6.45, 7) is 1.59. The van der Waals surface area contributed by atoms with Crippen LogP contribution in [0.2, 0.25) is 0 Å². The van der Waals surface area contributed by atoms with E-state index in [0.717, 1.165) is 31.7 Å². The third-order valence-corrected chi connectivity index (χ3v) is 3.85. The van der Waals surface area contributed by atoms with Gasteiger partial charge in [0.15, 0.2) is 0 Å². The second kappa shape index (κ2) is 8.62. The second-order valence-electron chi connectivity index (χ2n) is 3.69. The molecule has 0 aliphatic rings. The van der Waals surface area contributed by atoms with Gasteiger partial charge in [0.1, 0.15) is 0 Å². The fourth-order valence-corrected chi connectivity index (χ4v) is 2.82. The largest absolute Gasteiger partial charge is 0.385 e. The highest BCUT2D eigenvalue weighted by Gasteiger charge is 2.10. The first kappa shape index (κ1) is 13.6. The lowest BCUT2D eigenvalue weighted by Gasteiger charge is -2.15. The number of rotatable bonds is 8. The average Bonchev–Trinajstić information content (AvgIpc) is 2.34. The van der Waals surface area contributed by atoms with Crippen LogP contribution in [-0.2, 0) is 4.74 Å². The Labute approximate surface area is 103 Å². The van der Waals surface area contributed by atoms with Crippen molar-refractivity contribution in [3.05, 3.63) is 35.9 Å². The Bertz CT molecular complexity index is 266. The first-order chi connectivity index (χ1) is 7.88. The molecule has 0 fully saturated rings. The van der Waals surface area contributed by atoms with Crippen molar-refractivity contribution in [1.82, 2.24) is 0 Å². The summed E-state index contributed by atoms with van der Waals surface area (Å²) in [5.41, 5.74) is 7.04. The van der Waals surface area contributed by atoms with Crippen molar-refractivity contribution in [2.75, 3.05) is 26.0 Å². The van der Waals surface area contributed by atoms with E-state index in [-0.39, 0.29) is 0 Å². The summed E-state index contributed by atoms with van der Waals surface area (Å²) >= 11 is 1.98. The highest BCUT2D eigenvalue weighted by atomic mass is 32.2. The standard InChI is InChI=1S/C13H21NOS/c1-15-10-5-11-16-13(8-9-14)12-6-3-2-4-7-12/h2-4,6-7,13H,5,8-11,14H2,1H3. The number of methoxy groups -OCH3 is 1. The molecule has 0 aliphatic heterocycles. The maximum atomic E-state index is 5.66. The molecule has 1 aromatic carbocycles. The SMILES string of the molecule is COCCCSC(CCN)c1ccccc1. The van der Waals surface area contributed by atoms with Crippen molar-refractivity contribution in [2.45, 2.75) is 18.1 Å². The fourth-order valence-electron chi connectivity index (χ4n) is 1.59. The number of nitrogens with two attached hydrogens (primary N) is 1. The zero-order valence-electron chi connectivity index (χ0n) is 9.89. The van der Waals surface area contributed by atoms with E-state index in [4.69, 9.17) is 10.5 Å². The first-order valence-electron chi connectivity index (χ1n) is 5.74. The van der Waals surface area contributed by atoms with Gasteiger partial charge in [-0.3, -0.25) is 0 Å². The van der Waals surface area contributed by atoms with Gasteiger partial charge in [-0.15, -0.1) is 0 Å². The highest BCUT2D eigenvalue weighted by Crippen LogP contribution is 2.31. The molecule has 0 amide bonds. The fraction of sp³-hybridized carbons (Fsp3) is 0.538. The van der Waals surface area contributed by atoms with Gasteiger partial charge in [0.05, 0.1) is 0 Å². The van der Waals surface area contributed by atoms with E-state index in [1.54, 1.807) is 7.11 Å². The molecule has 0 bridgehead atoms. The predicted molar refractivity (Wildman–Crippen MR) is 71.8 cm³/mol. The molecular formula is C13H21NOS. The average molecular weight is 239 g/mol. The first-order valence-corrected chi connectivity index (χ1v) is 6.79. The summed E-state index contributed by atoms with van der Waals surface area (Å²) in [5.74, 6) is 1.13. The zero-order chi connectivity index (χ0) is 11.6. The van der Waals surface area contributed by atoms with Gasteiger partial charge in [-0.25, -0.2) is 0 Å². The second-order valence-corrected chi connectivity index (χ2v) is 5.00. The Morgan fingerprint density at radius 2 is 2.06 bits per heavy atom. The molecule has 1 aromatic rings. The highest BCUT2D eigenvalue weighted by molar-refractivity contribution is 7.99. The molecule has 0 saturated heterocycles. The van der Waals surface area contributed by atoms with Gasteiger partial charge in [0.25, 0.3) is 0 Å². The molecule has 0 spiro atoms. The zero-order valence-corrected chi connectivity index (χ0v) is 10.7.